The summed E-state index contributed by atoms with van der Waals surface area (Å²) in [5.74, 6) is 0.931. The first-order valence-corrected chi connectivity index (χ1v) is 5.15. The number of hydrogen-bond donors (Lipinski definition) is 1. The maximum atomic E-state index is 6.16. The van der Waals surface area contributed by atoms with Crippen LogP contribution >= 0.6 is 0 Å². The average molecular weight is 194 g/mol. The molecule has 0 unspecified atom stereocenters. The zero-order chi connectivity index (χ0) is 10.3. The highest BCUT2D eigenvalue weighted by Crippen LogP contribution is 2.38. The van der Waals surface area contributed by atoms with Crippen LogP contribution < -0.4 is 5.73 Å². The molecule has 1 aliphatic rings. The second-order valence-electron chi connectivity index (χ2n) is 5.17. The third-order valence-corrected chi connectivity index (χ3v) is 2.75. The summed E-state index contributed by atoms with van der Waals surface area (Å²) in [6.07, 6.45) is 4.28. The molecule has 1 heterocycles. The Bertz CT molecular complexity index is 319. The topological polar surface area (TPSA) is 56.7 Å². The van der Waals surface area contributed by atoms with Gasteiger partial charge in [-0.3, -0.25) is 0 Å². The normalized spacial score (nSPS) is 19.7. The maximum absolute atomic E-state index is 6.16. The molecule has 0 radical (unpaired) electrons. The number of rotatable bonds is 2. The summed E-state index contributed by atoms with van der Waals surface area (Å²) in [5.41, 5.74) is 6.20. The van der Waals surface area contributed by atoms with Crippen molar-refractivity contribution in [1.82, 2.24) is 14.8 Å². The second-order valence-corrected chi connectivity index (χ2v) is 5.17. The van der Waals surface area contributed by atoms with Crippen molar-refractivity contribution in [3.05, 3.63) is 12.2 Å². The number of nitrogens with zero attached hydrogens (tertiary/aromatic N) is 3. The van der Waals surface area contributed by atoms with E-state index in [2.05, 4.69) is 35.5 Å². The second kappa shape index (κ2) is 3.05. The third-order valence-electron chi connectivity index (χ3n) is 2.75. The fraction of sp³-hybridized carbons (Fsp3) is 0.800. The Morgan fingerprint density at radius 3 is 2.64 bits per heavy atom. The van der Waals surface area contributed by atoms with Crippen LogP contribution in [-0.4, -0.2) is 14.8 Å². The van der Waals surface area contributed by atoms with Gasteiger partial charge in [-0.05, 0) is 18.3 Å². The summed E-state index contributed by atoms with van der Waals surface area (Å²) in [7, 11) is 0. The summed E-state index contributed by atoms with van der Waals surface area (Å²) in [5, 5.41) is 8.08. The number of hydrogen-bond acceptors (Lipinski definition) is 3. The fourth-order valence-electron chi connectivity index (χ4n) is 1.50. The summed E-state index contributed by atoms with van der Waals surface area (Å²) in [6, 6.07) is 0.569. The Morgan fingerprint density at radius 2 is 2.14 bits per heavy atom. The van der Waals surface area contributed by atoms with Crippen molar-refractivity contribution in [3.8, 4) is 0 Å². The molecule has 4 heteroatoms. The molecule has 2 N–H and O–H groups in total. The van der Waals surface area contributed by atoms with Gasteiger partial charge in [-0.25, -0.2) is 0 Å². The Morgan fingerprint density at radius 1 is 1.50 bits per heavy atom. The van der Waals surface area contributed by atoms with Crippen LogP contribution in [0.15, 0.2) is 6.33 Å². The van der Waals surface area contributed by atoms with E-state index in [0.717, 1.165) is 5.82 Å². The van der Waals surface area contributed by atoms with E-state index >= 15 is 0 Å². The summed E-state index contributed by atoms with van der Waals surface area (Å²) >= 11 is 0. The van der Waals surface area contributed by atoms with E-state index in [1.54, 1.807) is 6.33 Å². The molecule has 0 aromatic carbocycles. The largest absolute Gasteiger partial charge is 0.321 e. The molecule has 0 spiro atoms. The van der Waals surface area contributed by atoms with E-state index in [1.807, 2.05) is 0 Å². The highest BCUT2D eigenvalue weighted by molar-refractivity contribution is 5.03. The minimum absolute atomic E-state index is 0.0365. The lowest BCUT2D eigenvalue weighted by molar-refractivity contribution is 0.307. The fourth-order valence-corrected chi connectivity index (χ4v) is 1.50. The van der Waals surface area contributed by atoms with Gasteiger partial charge in [-0.15, -0.1) is 10.2 Å². The summed E-state index contributed by atoms with van der Waals surface area (Å²) in [6.45, 7) is 6.39. The molecule has 1 aliphatic carbocycles. The van der Waals surface area contributed by atoms with E-state index in [4.69, 9.17) is 5.73 Å². The zero-order valence-corrected chi connectivity index (χ0v) is 9.07. The molecule has 1 saturated carbocycles. The van der Waals surface area contributed by atoms with Crippen LogP contribution in [0.3, 0.4) is 0 Å². The molecule has 0 amide bonds. The van der Waals surface area contributed by atoms with Crippen LogP contribution in [-0.2, 0) is 0 Å². The van der Waals surface area contributed by atoms with Crippen LogP contribution in [0.5, 0.6) is 0 Å². The average Bonchev–Trinajstić information content (AvgIpc) is 2.81. The van der Waals surface area contributed by atoms with Crippen molar-refractivity contribution in [2.75, 3.05) is 0 Å². The molecule has 1 aromatic heterocycles. The van der Waals surface area contributed by atoms with Gasteiger partial charge in [-0.1, -0.05) is 20.8 Å². The molecule has 0 aliphatic heterocycles. The molecule has 1 aromatic rings. The van der Waals surface area contributed by atoms with Gasteiger partial charge in [0.25, 0.3) is 0 Å². The zero-order valence-electron chi connectivity index (χ0n) is 9.07. The Balaban J connectivity index is 2.26. The molecule has 4 nitrogen and oxygen atoms in total. The molecule has 0 saturated heterocycles. The molecule has 1 fully saturated rings. The maximum Gasteiger partial charge on any atom is 0.150 e. The Hall–Kier alpha value is -0.900. The first kappa shape index (κ1) is 9.65. The highest BCUT2D eigenvalue weighted by atomic mass is 15.3. The summed E-state index contributed by atoms with van der Waals surface area (Å²) in [4.78, 5) is 0. The summed E-state index contributed by atoms with van der Waals surface area (Å²) < 4.78 is 2.13. The molecule has 14 heavy (non-hydrogen) atoms. The van der Waals surface area contributed by atoms with E-state index in [1.165, 1.54) is 12.8 Å². The van der Waals surface area contributed by atoms with Crippen LogP contribution in [0.4, 0.5) is 0 Å². The molecular weight excluding hydrogens is 176 g/mol. The van der Waals surface area contributed by atoms with Gasteiger partial charge < -0.3 is 10.3 Å². The van der Waals surface area contributed by atoms with E-state index in [9.17, 15) is 0 Å². The third kappa shape index (κ3) is 1.66. The first-order valence-electron chi connectivity index (χ1n) is 5.15. The monoisotopic (exact) mass is 194 g/mol. The lowest BCUT2D eigenvalue weighted by Gasteiger charge is -2.26. The van der Waals surface area contributed by atoms with Crippen molar-refractivity contribution in [1.29, 1.82) is 0 Å². The van der Waals surface area contributed by atoms with Gasteiger partial charge in [-0.2, -0.15) is 0 Å². The number of aromatic nitrogens is 3. The van der Waals surface area contributed by atoms with E-state index < -0.39 is 0 Å². The smallest absolute Gasteiger partial charge is 0.150 e. The minimum Gasteiger partial charge on any atom is -0.321 e. The van der Waals surface area contributed by atoms with Crippen molar-refractivity contribution in [2.24, 2.45) is 11.1 Å². The van der Waals surface area contributed by atoms with Crippen LogP contribution in [0, 0.1) is 5.41 Å². The Kier molecular flexibility index (Phi) is 2.10. The van der Waals surface area contributed by atoms with Gasteiger partial charge in [0.15, 0.2) is 5.82 Å². The molecule has 1 atom stereocenters. The minimum atomic E-state index is -0.0365. The van der Waals surface area contributed by atoms with Gasteiger partial charge in [0.1, 0.15) is 6.33 Å². The van der Waals surface area contributed by atoms with Crippen molar-refractivity contribution >= 4 is 0 Å². The van der Waals surface area contributed by atoms with Crippen molar-refractivity contribution < 1.29 is 0 Å². The Labute approximate surface area is 84.5 Å². The highest BCUT2D eigenvalue weighted by Gasteiger charge is 2.32. The first-order chi connectivity index (χ1) is 6.50. The SMILES string of the molecule is CC(C)(C)[C@@H](N)c1nncn1C1CC1. The van der Waals surface area contributed by atoms with Crippen LogP contribution in [0.2, 0.25) is 0 Å². The van der Waals surface area contributed by atoms with Crippen molar-refractivity contribution in [3.63, 3.8) is 0 Å². The van der Waals surface area contributed by atoms with Gasteiger partial charge in [0, 0.05) is 6.04 Å². The predicted molar refractivity (Wildman–Crippen MR) is 54.7 cm³/mol. The molecule has 0 bridgehead atoms. The lowest BCUT2D eigenvalue weighted by atomic mass is 9.87. The lowest BCUT2D eigenvalue weighted by Crippen LogP contribution is -2.29. The quantitative estimate of drug-likeness (QED) is 0.779. The molecular formula is C10H18N4. The predicted octanol–water partition coefficient (Wildman–Crippen LogP) is 1.66. The van der Waals surface area contributed by atoms with Crippen molar-refractivity contribution in [2.45, 2.75) is 45.7 Å². The van der Waals surface area contributed by atoms with Gasteiger partial charge >= 0.3 is 0 Å². The molecule has 2 rings (SSSR count). The molecule has 78 valence electrons. The van der Waals surface area contributed by atoms with Gasteiger partial charge in [0.05, 0.1) is 6.04 Å². The van der Waals surface area contributed by atoms with Crippen LogP contribution in [0.1, 0.15) is 51.5 Å². The van der Waals surface area contributed by atoms with Crippen LogP contribution in [0.25, 0.3) is 0 Å². The number of nitrogens with two attached hydrogens (primary N) is 1. The van der Waals surface area contributed by atoms with Gasteiger partial charge in [0.2, 0.25) is 0 Å². The standard InChI is InChI=1S/C10H18N4/c1-10(2,3)8(11)9-13-12-6-14(9)7-4-5-7/h6-8H,4-5,11H2,1-3H3/t8-/m0/s1. The van der Waals surface area contributed by atoms with E-state index in [0.29, 0.717) is 6.04 Å². The van der Waals surface area contributed by atoms with E-state index in [-0.39, 0.29) is 11.5 Å².